The molecule has 0 radical (unpaired) electrons. The summed E-state index contributed by atoms with van der Waals surface area (Å²) in [7, 11) is 0. The molecule has 0 aromatic heterocycles. The van der Waals surface area contributed by atoms with Crippen molar-refractivity contribution in [1.82, 2.24) is 5.32 Å². The van der Waals surface area contributed by atoms with Gasteiger partial charge >= 0.3 is 0 Å². The van der Waals surface area contributed by atoms with E-state index in [1.807, 2.05) is 28.7 Å². The van der Waals surface area contributed by atoms with Crippen molar-refractivity contribution in [1.29, 1.82) is 5.26 Å². The molecular formula is C11H11FIN3O. The van der Waals surface area contributed by atoms with Gasteiger partial charge in [-0.05, 0) is 40.8 Å². The van der Waals surface area contributed by atoms with Gasteiger partial charge < -0.3 is 10.6 Å². The fourth-order valence-corrected chi connectivity index (χ4v) is 1.80. The molecule has 0 atom stereocenters. The minimum Gasteiger partial charge on any atom is -0.375 e. The summed E-state index contributed by atoms with van der Waals surface area (Å²) >= 11 is 1.99. The number of anilines is 1. The maximum absolute atomic E-state index is 12.8. The lowest BCUT2D eigenvalue weighted by molar-refractivity contribution is -0.119. The second kappa shape index (κ2) is 7.06. The summed E-state index contributed by atoms with van der Waals surface area (Å²) in [5.41, 5.74) is 0.711. The molecule has 0 saturated carbocycles. The lowest BCUT2D eigenvalue weighted by Crippen LogP contribution is -2.30. The quantitative estimate of drug-likeness (QED) is 0.631. The largest absolute Gasteiger partial charge is 0.375 e. The zero-order chi connectivity index (χ0) is 12.7. The summed E-state index contributed by atoms with van der Waals surface area (Å²) in [4.78, 5) is 11.3. The third kappa shape index (κ3) is 4.99. The van der Waals surface area contributed by atoms with Crippen LogP contribution in [0.4, 0.5) is 10.1 Å². The Hall–Kier alpha value is -1.36. The molecule has 17 heavy (non-hydrogen) atoms. The van der Waals surface area contributed by atoms with Gasteiger partial charge in [0.15, 0.2) is 0 Å². The molecule has 6 heteroatoms. The fraction of sp³-hybridized carbons (Fsp3) is 0.273. The molecule has 0 saturated heterocycles. The molecule has 1 amide bonds. The lowest BCUT2D eigenvalue weighted by Gasteiger charge is -2.08. The Morgan fingerprint density at radius 1 is 1.53 bits per heavy atom. The summed E-state index contributed by atoms with van der Waals surface area (Å²) in [5, 5.41) is 13.8. The zero-order valence-corrected chi connectivity index (χ0v) is 11.1. The van der Waals surface area contributed by atoms with E-state index in [1.54, 1.807) is 6.07 Å². The Labute approximate surface area is 112 Å². The number of carbonyl (C=O) groups excluding carboxylic acids is 1. The molecule has 2 N–H and O–H groups in total. The number of benzene rings is 1. The van der Waals surface area contributed by atoms with Gasteiger partial charge in [0.1, 0.15) is 5.82 Å². The van der Waals surface area contributed by atoms with Gasteiger partial charge in [0.05, 0.1) is 19.0 Å². The van der Waals surface area contributed by atoms with Crippen LogP contribution in [0.1, 0.15) is 6.42 Å². The van der Waals surface area contributed by atoms with Gasteiger partial charge in [0.25, 0.3) is 0 Å². The van der Waals surface area contributed by atoms with E-state index in [4.69, 9.17) is 5.26 Å². The molecule has 0 aliphatic heterocycles. The van der Waals surface area contributed by atoms with E-state index in [1.165, 1.54) is 12.1 Å². The summed E-state index contributed by atoms with van der Waals surface area (Å²) in [6.07, 6.45) is 0.291. The number of carbonyl (C=O) groups is 1. The predicted molar refractivity (Wildman–Crippen MR) is 70.8 cm³/mol. The van der Waals surface area contributed by atoms with Crippen LogP contribution < -0.4 is 10.6 Å². The van der Waals surface area contributed by atoms with Gasteiger partial charge in [-0.2, -0.15) is 5.26 Å². The molecular weight excluding hydrogens is 336 g/mol. The minimum absolute atomic E-state index is 0.104. The third-order valence-corrected chi connectivity index (χ3v) is 2.82. The highest BCUT2D eigenvalue weighted by Crippen LogP contribution is 2.18. The van der Waals surface area contributed by atoms with Gasteiger partial charge in [0.2, 0.25) is 5.91 Å². The van der Waals surface area contributed by atoms with Crippen molar-refractivity contribution in [2.45, 2.75) is 6.42 Å². The van der Waals surface area contributed by atoms with Crippen molar-refractivity contribution in [3.63, 3.8) is 0 Å². The van der Waals surface area contributed by atoms with Crippen molar-refractivity contribution in [3.8, 4) is 6.07 Å². The smallest absolute Gasteiger partial charge is 0.239 e. The molecule has 0 aliphatic rings. The van der Waals surface area contributed by atoms with Gasteiger partial charge in [-0.25, -0.2) is 4.39 Å². The number of nitrogens with one attached hydrogen (secondary N) is 2. The van der Waals surface area contributed by atoms with Crippen LogP contribution in [0.2, 0.25) is 0 Å². The van der Waals surface area contributed by atoms with E-state index in [2.05, 4.69) is 10.6 Å². The molecule has 0 unspecified atom stereocenters. The second-order valence-corrected chi connectivity index (χ2v) is 4.40. The van der Waals surface area contributed by atoms with Crippen LogP contribution in [-0.2, 0) is 4.79 Å². The molecule has 1 aromatic carbocycles. The Balaban J connectivity index is 2.40. The topological polar surface area (TPSA) is 64.9 Å². The molecule has 4 nitrogen and oxygen atoms in total. The van der Waals surface area contributed by atoms with Crippen molar-refractivity contribution in [2.75, 3.05) is 18.4 Å². The van der Waals surface area contributed by atoms with E-state index in [0.717, 1.165) is 0 Å². The number of hydrogen-bond acceptors (Lipinski definition) is 3. The van der Waals surface area contributed by atoms with Gasteiger partial charge in [-0.15, -0.1) is 0 Å². The van der Waals surface area contributed by atoms with Crippen LogP contribution >= 0.6 is 22.6 Å². The molecule has 0 spiro atoms. The van der Waals surface area contributed by atoms with Crippen LogP contribution in [0.15, 0.2) is 18.2 Å². The number of rotatable bonds is 5. The third-order valence-electron chi connectivity index (χ3n) is 1.93. The first-order valence-corrected chi connectivity index (χ1v) is 6.04. The first-order valence-electron chi connectivity index (χ1n) is 4.96. The van der Waals surface area contributed by atoms with E-state index >= 15 is 0 Å². The Morgan fingerprint density at radius 3 is 2.94 bits per heavy atom. The Bertz CT molecular complexity index is 445. The highest BCUT2D eigenvalue weighted by molar-refractivity contribution is 14.1. The van der Waals surface area contributed by atoms with Crippen LogP contribution in [-0.4, -0.2) is 19.0 Å². The molecule has 90 valence electrons. The van der Waals surface area contributed by atoms with Gasteiger partial charge in [-0.1, -0.05) is 0 Å². The van der Waals surface area contributed by atoms with E-state index < -0.39 is 0 Å². The van der Waals surface area contributed by atoms with Crippen LogP contribution in [0, 0.1) is 20.7 Å². The summed E-state index contributed by atoms with van der Waals surface area (Å²) < 4.78 is 13.5. The normalized spacial score (nSPS) is 9.47. The van der Waals surface area contributed by atoms with Crippen LogP contribution in [0.3, 0.4) is 0 Å². The lowest BCUT2D eigenvalue weighted by atomic mass is 10.3. The number of nitriles is 1. The van der Waals surface area contributed by atoms with Crippen molar-refractivity contribution >= 4 is 34.2 Å². The molecule has 1 aromatic rings. The Kier molecular flexibility index (Phi) is 5.69. The fourth-order valence-electron chi connectivity index (χ4n) is 1.13. The van der Waals surface area contributed by atoms with Gasteiger partial charge in [-0.3, -0.25) is 4.79 Å². The minimum atomic E-state index is -0.307. The van der Waals surface area contributed by atoms with Crippen molar-refractivity contribution in [3.05, 3.63) is 27.6 Å². The predicted octanol–water partition coefficient (Wildman–Crippen LogP) is 1.87. The SMILES string of the molecule is N#CCCNC(=O)CNc1ccc(F)cc1I. The van der Waals surface area contributed by atoms with Crippen molar-refractivity contribution in [2.24, 2.45) is 0 Å². The van der Waals surface area contributed by atoms with Crippen molar-refractivity contribution < 1.29 is 9.18 Å². The monoisotopic (exact) mass is 347 g/mol. The van der Waals surface area contributed by atoms with Crippen LogP contribution in [0.5, 0.6) is 0 Å². The standard InChI is InChI=1S/C11H11FIN3O/c12-8-2-3-10(9(13)6-8)16-7-11(17)15-5-1-4-14/h2-3,6,16H,1,5,7H2,(H,15,17). The summed E-state index contributed by atoms with van der Waals surface area (Å²) in [5.74, 6) is -0.501. The number of halogens is 2. The van der Waals surface area contributed by atoms with Gasteiger partial charge in [0, 0.05) is 15.8 Å². The van der Waals surface area contributed by atoms with E-state index in [9.17, 15) is 9.18 Å². The number of hydrogen-bond donors (Lipinski definition) is 2. The van der Waals surface area contributed by atoms with E-state index in [0.29, 0.717) is 22.2 Å². The highest BCUT2D eigenvalue weighted by Gasteiger charge is 2.03. The number of nitrogens with zero attached hydrogens (tertiary/aromatic N) is 1. The molecule has 0 bridgehead atoms. The zero-order valence-electron chi connectivity index (χ0n) is 8.96. The van der Waals surface area contributed by atoms with E-state index in [-0.39, 0.29) is 18.3 Å². The number of amides is 1. The average molecular weight is 347 g/mol. The maximum atomic E-state index is 12.8. The second-order valence-electron chi connectivity index (χ2n) is 3.24. The molecule has 0 aliphatic carbocycles. The average Bonchev–Trinajstić information content (AvgIpc) is 2.28. The Morgan fingerprint density at radius 2 is 2.29 bits per heavy atom. The summed E-state index contributed by atoms with van der Waals surface area (Å²) in [6.45, 7) is 0.449. The molecule has 0 fully saturated rings. The highest BCUT2D eigenvalue weighted by atomic mass is 127. The van der Waals surface area contributed by atoms with Crippen LogP contribution in [0.25, 0.3) is 0 Å². The molecule has 1 rings (SSSR count). The first-order chi connectivity index (χ1) is 8.13. The first kappa shape index (κ1) is 13.7. The maximum Gasteiger partial charge on any atom is 0.239 e. The molecule has 0 heterocycles. The summed E-state index contributed by atoms with van der Waals surface area (Å²) in [6, 6.07) is 6.23.